The lowest BCUT2D eigenvalue weighted by Gasteiger charge is -2.28. The first-order chi connectivity index (χ1) is 34.3. The third kappa shape index (κ3) is 10.0. The SMILES string of the molecule is O=C(Nc1cccnc1)NC(C(=O)N1CCCC1c1ncc(-c2ccc(-c3ccc(-c4cnc(C5CCCN5C(=O)C(NC(=O)Nc5cccnc5)c5ccccc5)[nH]4)cc3)cc2)[nH]1)c1ccccc1. The summed E-state index contributed by atoms with van der Waals surface area (Å²) in [6, 6.07) is 38.5. The maximum Gasteiger partial charge on any atom is 0.320 e. The van der Waals surface area contributed by atoms with Crippen molar-refractivity contribution in [3.63, 3.8) is 0 Å². The number of nitrogens with zero attached hydrogens (tertiary/aromatic N) is 6. The molecule has 0 radical (unpaired) electrons. The Morgan fingerprint density at radius 1 is 0.486 bits per heavy atom. The highest BCUT2D eigenvalue weighted by Gasteiger charge is 2.38. The Morgan fingerprint density at radius 3 is 1.27 bits per heavy atom. The number of aromatic amines is 2. The molecule has 6 heterocycles. The number of H-pyrrole nitrogens is 2. The van der Waals surface area contributed by atoms with Crippen LogP contribution < -0.4 is 21.3 Å². The van der Waals surface area contributed by atoms with E-state index in [2.05, 4.69) is 89.7 Å². The van der Waals surface area contributed by atoms with Gasteiger partial charge < -0.3 is 41.0 Å². The van der Waals surface area contributed by atoms with Crippen molar-refractivity contribution in [2.45, 2.75) is 49.9 Å². The molecule has 16 heteroatoms. The van der Waals surface area contributed by atoms with Gasteiger partial charge in [-0.3, -0.25) is 19.6 Å². The summed E-state index contributed by atoms with van der Waals surface area (Å²) in [6.45, 7) is 1.07. The Balaban J connectivity index is 0.787. The van der Waals surface area contributed by atoms with Gasteiger partial charge in [0.15, 0.2) is 0 Å². The first-order valence-electron chi connectivity index (χ1n) is 23.3. The molecule has 0 aliphatic carbocycles. The number of carbonyl (C=O) groups excluding carboxylic acids is 4. The van der Waals surface area contributed by atoms with E-state index in [0.29, 0.717) is 47.2 Å². The third-order valence-electron chi connectivity index (χ3n) is 12.8. The fourth-order valence-corrected chi connectivity index (χ4v) is 9.29. The molecule has 0 saturated carbocycles. The number of carbonyl (C=O) groups is 4. The lowest BCUT2D eigenvalue weighted by molar-refractivity contribution is -0.135. The largest absolute Gasteiger partial charge is 0.340 e. The van der Waals surface area contributed by atoms with Crippen LogP contribution in [0.2, 0.25) is 0 Å². The second-order valence-electron chi connectivity index (χ2n) is 17.3. The van der Waals surface area contributed by atoms with Crippen LogP contribution >= 0.6 is 0 Å². The van der Waals surface area contributed by atoms with Gasteiger partial charge in [-0.2, -0.15) is 0 Å². The van der Waals surface area contributed by atoms with E-state index >= 15 is 0 Å². The highest BCUT2D eigenvalue weighted by molar-refractivity contribution is 5.95. The number of pyridine rings is 2. The van der Waals surface area contributed by atoms with E-state index in [1.807, 2.05) is 70.5 Å². The molecular formula is C54H50N12O4. The van der Waals surface area contributed by atoms with Crippen LogP contribution in [0, 0.1) is 0 Å². The summed E-state index contributed by atoms with van der Waals surface area (Å²) in [7, 11) is 0. The second-order valence-corrected chi connectivity index (χ2v) is 17.3. The molecule has 4 atom stereocenters. The molecule has 2 fully saturated rings. The Bertz CT molecular complexity index is 2850. The lowest BCUT2D eigenvalue weighted by atomic mass is 10.0. The molecule has 4 aromatic heterocycles. The number of benzene rings is 4. The van der Waals surface area contributed by atoms with Gasteiger partial charge in [-0.25, -0.2) is 19.6 Å². The van der Waals surface area contributed by atoms with E-state index in [9.17, 15) is 19.2 Å². The van der Waals surface area contributed by atoms with E-state index in [4.69, 9.17) is 9.97 Å². The predicted molar refractivity (Wildman–Crippen MR) is 266 cm³/mol. The van der Waals surface area contributed by atoms with E-state index in [0.717, 1.165) is 59.3 Å². The maximum absolute atomic E-state index is 14.3. The predicted octanol–water partition coefficient (Wildman–Crippen LogP) is 9.38. The van der Waals surface area contributed by atoms with Gasteiger partial charge in [-0.15, -0.1) is 0 Å². The van der Waals surface area contributed by atoms with E-state index in [1.165, 1.54) is 0 Å². The van der Waals surface area contributed by atoms with Crippen molar-refractivity contribution in [1.82, 2.24) is 50.3 Å². The van der Waals surface area contributed by atoms with Crippen LogP contribution in [0.25, 0.3) is 33.6 Å². The van der Waals surface area contributed by atoms with Crippen molar-refractivity contribution in [2.75, 3.05) is 23.7 Å². The topological polar surface area (TPSA) is 206 Å². The molecule has 350 valence electrons. The van der Waals surface area contributed by atoms with Gasteiger partial charge in [0.05, 0.1) is 59.6 Å². The Kier molecular flexibility index (Phi) is 13.2. The molecule has 70 heavy (non-hydrogen) atoms. The average Bonchev–Trinajstić information content (AvgIpc) is 4.27. The molecule has 16 nitrogen and oxygen atoms in total. The number of rotatable bonds is 13. The number of imidazole rings is 2. The van der Waals surface area contributed by atoms with Gasteiger partial charge in [0.2, 0.25) is 11.8 Å². The van der Waals surface area contributed by atoms with Crippen molar-refractivity contribution < 1.29 is 19.2 Å². The number of amides is 6. The van der Waals surface area contributed by atoms with Crippen molar-refractivity contribution in [1.29, 1.82) is 0 Å². The molecular weight excluding hydrogens is 881 g/mol. The zero-order valence-electron chi connectivity index (χ0n) is 38.0. The smallest absolute Gasteiger partial charge is 0.320 e. The van der Waals surface area contributed by atoms with Crippen LogP contribution in [0.15, 0.2) is 171 Å². The first-order valence-corrected chi connectivity index (χ1v) is 23.3. The minimum Gasteiger partial charge on any atom is -0.340 e. The molecule has 0 spiro atoms. The summed E-state index contributed by atoms with van der Waals surface area (Å²) in [5.74, 6) is 0.958. The lowest BCUT2D eigenvalue weighted by Crippen LogP contribution is -2.44. The van der Waals surface area contributed by atoms with Crippen molar-refractivity contribution in [3.05, 3.63) is 193 Å². The molecule has 4 unspecified atom stereocenters. The summed E-state index contributed by atoms with van der Waals surface area (Å²) >= 11 is 0. The Hall–Kier alpha value is -8.92. The molecule has 4 aromatic carbocycles. The standard InChI is InChI=1S/C54H50N12O4/c67-51(47(39-11-3-1-4-12-39)63-53(69)59-41-15-7-27-55-31-41)65-29-9-17-45(65)49-57-33-43(61-49)37-23-19-35(20-24-37)36-21-25-38(26-22-36)44-34-58-50(62-44)46-18-10-30-66(46)52(68)48(40-13-5-2-6-14-40)64-54(70)60-42-16-8-28-56-32-42/h1-8,11-16,19-28,31-34,45-48H,9-10,17-18,29-30H2,(H,57,61)(H,58,62)(H2,59,63,69)(H2,60,64,70). The zero-order chi connectivity index (χ0) is 47.8. The summed E-state index contributed by atoms with van der Waals surface area (Å²) in [5.41, 5.74) is 8.05. The third-order valence-corrected chi connectivity index (χ3v) is 12.8. The van der Waals surface area contributed by atoms with Crippen molar-refractivity contribution in [2.24, 2.45) is 0 Å². The maximum atomic E-state index is 14.3. The molecule has 2 saturated heterocycles. The van der Waals surface area contributed by atoms with E-state index in [-0.39, 0.29) is 23.9 Å². The molecule has 8 aromatic rings. The molecule has 2 aliphatic heterocycles. The number of urea groups is 2. The number of likely N-dealkylation sites (tertiary alicyclic amines) is 2. The van der Waals surface area contributed by atoms with E-state index < -0.39 is 24.1 Å². The molecule has 0 bridgehead atoms. The number of hydrogen-bond acceptors (Lipinski definition) is 8. The zero-order valence-corrected chi connectivity index (χ0v) is 38.0. The van der Waals surface area contributed by atoms with Gasteiger partial charge >= 0.3 is 12.1 Å². The van der Waals surface area contributed by atoms with Crippen molar-refractivity contribution in [3.8, 4) is 33.6 Å². The number of anilines is 2. The van der Waals surface area contributed by atoms with Gasteiger partial charge in [0.25, 0.3) is 0 Å². The number of nitrogens with one attached hydrogen (secondary N) is 6. The van der Waals surface area contributed by atoms with Gasteiger partial charge in [0.1, 0.15) is 23.7 Å². The van der Waals surface area contributed by atoms with E-state index in [1.54, 1.807) is 61.4 Å². The van der Waals surface area contributed by atoms with Gasteiger partial charge in [0, 0.05) is 25.5 Å². The van der Waals surface area contributed by atoms with Crippen LogP contribution in [0.1, 0.15) is 72.6 Å². The fraction of sp³-hybridized carbons (Fsp3) is 0.185. The second kappa shape index (κ2) is 20.5. The Labute approximate surface area is 404 Å². The highest BCUT2D eigenvalue weighted by Crippen LogP contribution is 2.36. The van der Waals surface area contributed by atoms with Gasteiger partial charge in [-0.05, 0) is 83.3 Å². The monoisotopic (exact) mass is 930 g/mol. The van der Waals surface area contributed by atoms with Crippen LogP contribution in [-0.2, 0) is 9.59 Å². The molecule has 10 rings (SSSR count). The van der Waals surface area contributed by atoms with Crippen LogP contribution in [0.3, 0.4) is 0 Å². The molecule has 2 aliphatic rings. The Morgan fingerprint density at radius 2 is 0.886 bits per heavy atom. The summed E-state index contributed by atoms with van der Waals surface area (Å²) in [6.07, 6.45) is 13.0. The van der Waals surface area contributed by atoms with Crippen LogP contribution in [-0.4, -0.2) is 76.7 Å². The number of aromatic nitrogens is 6. The van der Waals surface area contributed by atoms with Crippen LogP contribution in [0.4, 0.5) is 21.0 Å². The van der Waals surface area contributed by atoms with Gasteiger partial charge in [-0.1, -0.05) is 109 Å². The minimum atomic E-state index is -0.907. The highest BCUT2D eigenvalue weighted by atomic mass is 16.2. The quantitative estimate of drug-likeness (QED) is 0.0655. The fourth-order valence-electron chi connectivity index (χ4n) is 9.29. The molecule has 6 amide bonds. The number of hydrogen-bond donors (Lipinski definition) is 6. The summed E-state index contributed by atoms with van der Waals surface area (Å²) in [4.78, 5) is 83.0. The minimum absolute atomic E-state index is 0.212. The van der Waals surface area contributed by atoms with Crippen LogP contribution in [0.5, 0.6) is 0 Å². The average molecular weight is 931 g/mol. The summed E-state index contributed by atoms with van der Waals surface area (Å²) < 4.78 is 0. The summed E-state index contributed by atoms with van der Waals surface area (Å²) in [5, 5.41) is 11.3. The first kappa shape index (κ1) is 44.9. The normalized spacial score (nSPS) is 16.3. The van der Waals surface area contributed by atoms with Crippen molar-refractivity contribution >= 4 is 35.3 Å². The molecule has 6 N–H and O–H groups in total.